The van der Waals surface area contributed by atoms with Gasteiger partial charge in [-0.1, -0.05) is 43.9 Å². The van der Waals surface area contributed by atoms with E-state index in [0.717, 1.165) is 24.5 Å². The minimum absolute atomic E-state index is 0.684. The zero-order chi connectivity index (χ0) is 14.4. The molecule has 1 aliphatic carbocycles. The second-order valence-electron chi connectivity index (χ2n) is 5.86. The summed E-state index contributed by atoms with van der Waals surface area (Å²) >= 11 is 6.42. The Kier molecular flexibility index (Phi) is 6.18. The Balaban J connectivity index is 1.99. The molecule has 0 aromatic heterocycles. The smallest absolute Gasteiger partial charge is 0.0471 e. The molecule has 2 nitrogen and oxygen atoms in total. The number of nitrogens with zero attached hydrogens (tertiary/aromatic N) is 1. The minimum atomic E-state index is 0.684. The largest absolute Gasteiger partial charge is 0.372 e. The predicted molar refractivity (Wildman–Crippen MR) is 88.7 cm³/mol. The van der Waals surface area contributed by atoms with Gasteiger partial charge >= 0.3 is 0 Å². The molecule has 0 aliphatic heterocycles. The van der Waals surface area contributed by atoms with Crippen LogP contribution < -0.4 is 10.2 Å². The third-order valence-electron chi connectivity index (χ3n) is 4.31. The first-order valence-corrected chi connectivity index (χ1v) is 8.32. The molecule has 0 atom stereocenters. The van der Waals surface area contributed by atoms with Crippen LogP contribution in [-0.4, -0.2) is 19.6 Å². The number of hydrogen-bond acceptors (Lipinski definition) is 2. The molecule has 0 spiro atoms. The Hall–Kier alpha value is -0.730. The molecule has 20 heavy (non-hydrogen) atoms. The molecule has 1 aliphatic rings. The topological polar surface area (TPSA) is 15.3 Å². The first-order chi connectivity index (χ1) is 9.72. The molecule has 1 fully saturated rings. The lowest BCUT2D eigenvalue weighted by atomic mass is 9.94. The van der Waals surface area contributed by atoms with Gasteiger partial charge in [-0.15, -0.1) is 0 Å². The summed E-state index contributed by atoms with van der Waals surface area (Å²) < 4.78 is 0. The third-order valence-corrected chi connectivity index (χ3v) is 4.66. The zero-order valence-electron chi connectivity index (χ0n) is 12.8. The summed E-state index contributed by atoms with van der Waals surface area (Å²) in [6, 6.07) is 7.19. The maximum Gasteiger partial charge on any atom is 0.0471 e. The van der Waals surface area contributed by atoms with Gasteiger partial charge in [-0.2, -0.15) is 0 Å². The number of benzene rings is 1. The van der Waals surface area contributed by atoms with E-state index in [1.165, 1.54) is 43.4 Å². The summed E-state index contributed by atoms with van der Waals surface area (Å²) in [5, 5.41) is 4.29. The number of nitrogens with one attached hydrogen (secondary N) is 1. The van der Waals surface area contributed by atoms with Crippen LogP contribution in [0.2, 0.25) is 5.02 Å². The van der Waals surface area contributed by atoms with Crippen molar-refractivity contribution >= 4 is 17.3 Å². The SMILES string of the molecule is CCCNCc1ccc(N(C)C2CCCCC2)cc1Cl. The van der Waals surface area contributed by atoms with E-state index in [2.05, 4.69) is 42.4 Å². The molecule has 1 saturated carbocycles. The van der Waals surface area contributed by atoms with Gasteiger partial charge in [-0.05, 0) is 43.5 Å². The molecule has 1 aromatic carbocycles. The first-order valence-electron chi connectivity index (χ1n) is 7.94. The minimum Gasteiger partial charge on any atom is -0.372 e. The first kappa shape index (κ1) is 15.7. The number of anilines is 1. The van der Waals surface area contributed by atoms with Gasteiger partial charge in [-0.3, -0.25) is 0 Å². The van der Waals surface area contributed by atoms with Crippen molar-refractivity contribution in [3.05, 3.63) is 28.8 Å². The highest BCUT2D eigenvalue weighted by Gasteiger charge is 2.18. The average molecular weight is 295 g/mol. The van der Waals surface area contributed by atoms with Crippen LogP contribution in [0.15, 0.2) is 18.2 Å². The van der Waals surface area contributed by atoms with Crippen LogP contribution in [0.25, 0.3) is 0 Å². The molecule has 0 saturated heterocycles. The summed E-state index contributed by atoms with van der Waals surface area (Å²) in [5.74, 6) is 0. The van der Waals surface area contributed by atoms with Crippen molar-refractivity contribution < 1.29 is 0 Å². The Morgan fingerprint density at radius 3 is 2.65 bits per heavy atom. The van der Waals surface area contributed by atoms with Crippen molar-refractivity contribution in [2.75, 3.05) is 18.5 Å². The standard InChI is InChI=1S/C17H27ClN2/c1-3-11-19-13-14-9-10-16(12-17(14)18)20(2)15-7-5-4-6-8-15/h9-10,12,15,19H,3-8,11,13H2,1-2H3. The summed E-state index contributed by atoms with van der Waals surface area (Å²) in [5.41, 5.74) is 2.45. The molecule has 1 aromatic rings. The lowest BCUT2D eigenvalue weighted by Crippen LogP contribution is -2.33. The van der Waals surface area contributed by atoms with E-state index in [1.807, 2.05) is 0 Å². The van der Waals surface area contributed by atoms with Crippen molar-refractivity contribution in [1.82, 2.24) is 5.32 Å². The van der Waals surface area contributed by atoms with Gasteiger partial charge in [0.05, 0.1) is 0 Å². The predicted octanol–water partition coefficient (Wildman–Crippen LogP) is 4.61. The van der Waals surface area contributed by atoms with Gasteiger partial charge in [0, 0.05) is 30.3 Å². The lowest BCUT2D eigenvalue weighted by molar-refractivity contribution is 0.427. The van der Waals surface area contributed by atoms with Gasteiger partial charge in [0.2, 0.25) is 0 Å². The van der Waals surface area contributed by atoms with Gasteiger partial charge < -0.3 is 10.2 Å². The number of rotatable bonds is 6. The highest BCUT2D eigenvalue weighted by atomic mass is 35.5. The van der Waals surface area contributed by atoms with E-state index in [-0.39, 0.29) is 0 Å². The quantitative estimate of drug-likeness (QED) is 0.771. The van der Waals surface area contributed by atoms with Gasteiger partial charge in [0.1, 0.15) is 0 Å². The Bertz CT molecular complexity index is 413. The van der Waals surface area contributed by atoms with Crippen LogP contribution in [0.1, 0.15) is 51.0 Å². The number of hydrogen-bond donors (Lipinski definition) is 1. The molecule has 3 heteroatoms. The molecule has 0 bridgehead atoms. The van der Waals surface area contributed by atoms with Crippen LogP contribution in [0.3, 0.4) is 0 Å². The van der Waals surface area contributed by atoms with Crippen molar-refractivity contribution in [3.63, 3.8) is 0 Å². The fourth-order valence-electron chi connectivity index (χ4n) is 2.98. The average Bonchev–Trinajstić information content (AvgIpc) is 2.49. The molecule has 0 heterocycles. The van der Waals surface area contributed by atoms with Crippen molar-refractivity contribution in [2.45, 2.75) is 58.0 Å². The maximum absolute atomic E-state index is 6.42. The fraction of sp³-hybridized carbons (Fsp3) is 0.647. The highest BCUT2D eigenvalue weighted by Crippen LogP contribution is 2.29. The summed E-state index contributed by atoms with van der Waals surface area (Å²) in [4.78, 5) is 2.41. The summed E-state index contributed by atoms with van der Waals surface area (Å²) in [6.45, 7) is 4.08. The zero-order valence-corrected chi connectivity index (χ0v) is 13.5. The second kappa shape index (κ2) is 7.90. The monoisotopic (exact) mass is 294 g/mol. The van der Waals surface area contributed by atoms with Crippen LogP contribution in [0.5, 0.6) is 0 Å². The highest BCUT2D eigenvalue weighted by molar-refractivity contribution is 6.31. The molecule has 0 unspecified atom stereocenters. The van der Waals surface area contributed by atoms with Gasteiger partial charge in [-0.25, -0.2) is 0 Å². The fourth-order valence-corrected chi connectivity index (χ4v) is 3.22. The molecule has 0 radical (unpaired) electrons. The van der Waals surface area contributed by atoms with E-state index in [9.17, 15) is 0 Å². The number of halogens is 1. The normalized spacial score (nSPS) is 16.4. The van der Waals surface area contributed by atoms with Crippen molar-refractivity contribution in [1.29, 1.82) is 0 Å². The van der Waals surface area contributed by atoms with E-state index in [1.54, 1.807) is 0 Å². The lowest BCUT2D eigenvalue weighted by Gasteiger charge is -2.33. The van der Waals surface area contributed by atoms with E-state index in [0.29, 0.717) is 6.04 Å². The van der Waals surface area contributed by atoms with Crippen LogP contribution in [-0.2, 0) is 6.54 Å². The second-order valence-corrected chi connectivity index (χ2v) is 6.26. The van der Waals surface area contributed by atoms with E-state index < -0.39 is 0 Å². The van der Waals surface area contributed by atoms with E-state index >= 15 is 0 Å². The molecular weight excluding hydrogens is 268 g/mol. The van der Waals surface area contributed by atoms with Crippen molar-refractivity contribution in [3.8, 4) is 0 Å². The molecule has 1 N–H and O–H groups in total. The molecule has 2 rings (SSSR count). The van der Waals surface area contributed by atoms with Crippen LogP contribution in [0, 0.1) is 0 Å². The Morgan fingerprint density at radius 2 is 2.00 bits per heavy atom. The third kappa shape index (κ3) is 4.13. The molecule has 0 amide bonds. The van der Waals surface area contributed by atoms with Gasteiger partial charge in [0.15, 0.2) is 0 Å². The molecule has 112 valence electrons. The van der Waals surface area contributed by atoms with E-state index in [4.69, 9.17) is 11.6 Å². The maximum atomic E-state index is 6.42. The van der Waals surface area contributed by atoms with Gasteiger partial charge in [0.25, 0.3) is 0 Å². The Labute approximate surface area is 128 Å². The summed E-state index contributed by atoms with van der Waals surface area (Å²) in [7, 11) is 2.21. The van der Waals surface area contributed by atoms with Crippen LogP contribution in [0.4, 0.5) is 5.69 Å². The molecular formula is C17H27ClN2. The van der Waals surface area contributed by atoms with Crippen molar-refractivity contribution in [2.24, 2.45) is 0 Å². The van der Waals surface area contributed by atoms with Crippen LogP contribution >= 0.6 is 11.6 Å². The Morgan fingerprint density at radius 1 is 1.25 bits per heavy atom. The summed E-state index contributed by atoms with van der Waals surface area (Å²) in [6.07, 6.45) is 7.90.